The quantitative estimate of drug-likeness (QED) is 0.792. The topological polar surface area (TPSA) is 6.48 Å². The molecule has 0 saturated carbocycles. The highest BCUT2D eigenvalue weighted by Gasteiger charge is 2.02. The molecule has 0 spiro atoms. The van der Waals surface area contributed by atoms with Crippen LogP contribution in [-0.2, 0) is 13.0 Å². The van der Waals surface area contributed by atoms with Crippen molar-refractivity contribution in [2.75, 3.05) is 32.6 Å². The highest BCUT2D eigenvalue weighted by molar-refractivity contribution is 5.45. The van der Waals surface area contributed by atoms with Crippen LogP contribution in [0, 0.1) is 0 Å². The molecule has 0 bridgehead atoms. The lowest BCUT2D eigenvalue weighted by molar-refractivity contribution is 0.331. The van der Waals surface area contributed by atoms with Crippen LogP contribution >= 0.6 is 0 Å². The van der Waals surface area contributed by atoms with Gasteiger partial charge in [-0.2, -0.15) is 0 Å². The van der Waals surface area contributed by atoms with Gasteiger partial charge in [-0.3, -0.25) is 0 Å². The summed E-state index contributed by atoms with van der Waals surface area (Å²) in [6, 6.07) is 19.5. The third-order valence-electron chi connectivity index (χ3n) is 3.53. The summed E-state index contributed by atoms with van der Waals surface area (Å²) in [6.45, 7) is 2.08. The molecule has 2 heteroatoms. The Morgan fingerprint density at radius 1 is 0.750 bits per heavy atom. The molecule has 0 unspecified atom stereocenters. The summed E-state index contributed by atoms with van der Waals surface area (Å²) in [7, 11) is 6.32. The maximum Gasteiger partial charge on any atom is 0.0361 e. The molecule has 2 rings (SSSR count). The average Bonchev–Trinajstić information content (AvgIpc) is 2.47. The molecule has 0 radical (unpaired) electrons. The van der Waals surface area contributed by atoms with Crippen LogP contribution in [0.3, 0.4) is 0 Å². The van der Waals surface area contributed by atoms with Crippen molar-refractivity contribution in [2.45, 2.75) is 13.0 Å². The van der Waals surface area contributed by atoms with Gasteiger partial charge in [0.1, 0.15) is 0 Å². The standard InChI is InChI=1S/C18H24N2/c1-19(2)18-11-9-17(10-12-18)15-20(3)14-13-16-7-5-4-6-8-16/h4-12H,13-15H2,1-3H3. The first-order valence-corrected chi connectivity index (χ1v) is 7.14. The highest BCUT2D eigenvalue weighted by Crippen LogP contribution is 2.13. The van der Waals surface area contributed by atoms with Crippen LogP contribution < -0.4 is 4.90 Å². The Bertz CT molecular complexity index is 503. The van der Waals surface area contributed by atoms with Crippen LogP contribution in [-0.4, -0.2) is 32.6 Å². The van der Waals surface area contributed by atoms with Crippen molar-refractivity contribution in [1.29, 1.82) is 0 Å². The van der Waals surface area contributed by atoms with E-state index in [0.29, 0.717) is 0 Å². The van der Waals surface area contributed by atoms with E-state index in [4.69, 9.17) is 0 Å². The molecule has 0 N–H and O–H groups in total. The number of likely N-dealkylation sites (N-methyl/N-ethyl adjacent to an activating group) is 1. The van der Waals surface area contributed by atoms with Crippen LogP contribution in [0.1, 0.15) is 11.1 Å². The summed E-state index contributed by atoms with van der Waals surface area (Å²) in [5, 5.41) is 0. The van der Waals surface area contributed by atoms with Gasteiger partial charge in [0.2, 0.25) is 0 Å². The largest absolute Gasteiger partial charge is 0.378 e. The second kappa shape index (κ2) is 7.11. The number of rotatable bonds is 6. The summed E-state index contributed by atoms with van der Waals surface area (Å²) in [6.07, 6.45) is 1.10. The van der Waals surface area contributed by atoms with Crippen LogP contribution in [0.5, 0.6) is 0 Å². The smallest absolute Gasteiger partial charge is 0.0361 e. The Hall–Kier alpha value is -1.80. The molecule has 0 aliphatic heterocycles. The van der Waals surface area contributed by atoms with E-state index in [9.17, 15) is 0 Å². The van der Waals surface area contributed by atoms with E-state index in [-0.39, 0.29) is 0 Å². The van der Waals surface area contributed by atoms with E-state index < -0.39 is 0 Å². The van der Waals surface area contributed by atoms with E-state index in [1.165, 1.54) is 16.8 Å². The Morgan fingerprint density at radius 3 is 2.00 bits per heavy atom. The van der Waals surface area contributed by atoms with Crippen molar-refractivity contribution >= 4 is 5.69 Å². The Labute approximate surface area is 122 Å². The van der Waals surface area contributed by atoms with Gasteiger partial charge >= 0.3 is 0 Å². The van der Waals surface area contributed by atoms with Gasteiger partial charge in [-0.1, -0.05) is 42.5 Å². The van der Waals surface area contributed by atoms with E-state index in [0.717, 1.165) is 19.5 Å². The normalized spacial score (nSPS) is 10.8. The van der Waals surface area contributed by atoms with Gasteiger partial charge in [0.25, 0.3) is 0 Å². The fourth-order valence-electron chi connectivity index (χ4n) is 2.25. The predicted octanol–water partition coefficient (Wildman–Crippen LogP) is 3.43. The molecule has 0 heterocycles. The summed E-state index contributed by atoms with van der Waals surface area (Å²) in [5.41, 5.74) is 4.02. The molecule has 2 nitrogen and oxygen atoms in total. The minimum absolute atomic E-state index is 1.00. The summed E-state index contributed by atoms with van der Waals surface area (Å²) < 4.78 is 0. The fraction of sp³-hybridized carbons (Fsp3) is 0.333. The van der Waals surface area contributed by atoms with Crippen LogP contribution in [0.25, 0.3) is 0 Å². The van der Waals surface area contributed by atoms with Gasteiger partial charge in [0, 0.05) is 32.9 Å². The zero-order valence-corrected chi connectivity index (χ0v) is 12.7. The fourth-order valence-corrected chi connectivity index (χ4v) is 2.25. The first-order chi connectivity index (χ1) is 9.65. The van der Waals surface area contributed by atoms with Crippen molar-refractivity contribution in [3.63, 3.8) is 0 Å². The monoisotopic (exact) mass is 268 g/mol. The van der Waals surface area contributed by atoms with Gasteiger partial charge in [-0.25, -0.2) is 0 Å². The van der Waals surface area contributed by atoms with Crippen LogP contribution in [0.2, 0.25) is 0 Å². The highest BCUT2D eigenvalue weighted by atomic mass is 15.1. The van der Waals surface area contributed by atoms with Gasteiger partial charge in [-0.15, -0.1) is 0 Å². The molecule has 0 amide bonds. The van der Waals surface area contributed by atoms with E-state index >= 15 is 0 Å². The van der Waals surface area contributed by atoms with Crippen molar-refractivity contribution in [1.82, 2.24) is 4.90 Å². The summed E-state index contributed by atoms with van der Waals surface area (Å²) >= 11 is 0. The minimum atomic E-state index is 1.00. The first-order valence-electron chi connectivity index (χ1n) is 7.14. The molecule has 2 aromatic rings. The van der Waals surface area contributed by atoms with E-state index in [2.05, 4.69) is 85.5 Å². The molecular formula is C18H24N2. The molecule has 0 saturated heterocycles. The lowest BCUT2D eigenvalue weighted by Crippen LogP contribution is -2.20. The van der Waals surface area contributed by atoms with Crippen LogP contribution in [0.15, 0.2) is 54.6 Å². The molecule has 0 aliphatic rings. The van der Waals surface area contributed by atoms with Gasteiger partial charge in [-0.05, 0) is 36.7 Å². The number of nitrogens with zero attached hydrogens (tertiary/aromatic N) is 2. The van der Waals surface area contributed by atoms with Crippen molar-refractivity contribution in [2.24, 2.45) is 0 Å². The summed E-state index contributed by atoms with van der Waals surface area (Å²) in [4.78, 5) is 4.50. The molecule has 20 heavy (non-hydrogen) atoms. The maximum atomic E-state index is 2.37. The molecule has 0 atom stereocenters. The van der Waals surface area contributed by atoms with Gasteiger partial charge in [0.15, 0.2) is 0 Å². The lowest BCUT2D eigenvalue weighted by Gasteiger charge is -2.18. The molecular weight excluding hydrogens is 244 g/mol. The SMILES string of the molecule is CN(CCc1ccccc1)Cc1ccc(N(C)C)cc1. The third kappa shape index (κ3) is 4.39. The second-order valence-corrected chi connectivity index (χ2v) is 5.53. The number of benzene rings is 2. The molecule has 0 fully saturated rings. The van der Waals surface area contributed by atoms with Crippen molar-refractivity contribution in [3.05, 3.63) is 65.7 Å². The number of hydrogen-bond acceptors (Lipinski definition) is 2. The molecule has 0 aromatic heterocycles. The third-order valence-corrected chi connectivity index (χ3v) is 3.53. The molecule has 2 aromatic carbocycles. The van der Waals surface area contributed by atoms with E-state index in [1.54, 1.807) is 0 Å². The molecule has 0 aliphatic carbocycles. The van der Waals surface area contributed by atoms with Crippen LogP contribution in [0.4, 0.5) is 5.69 Å². The second-order valence-electron chi connectivity index (χ2n) is 5.53. The predicted molar refractivity (Wildman–Crippen MR) is 87.2 cm³/mol. The number of anilines is 1. The number of hydrogen-bond donors (Lipinski definition) is 0. The van der Waals surface area contributed by atoms with Crippen molar-refractivity contribution < 1.29 is 0 Å². The van der Waals surface area contributed by atoms with E-state index in [1.807, 2.05) is 0 Å². The van der Waals surface area contributed by atoms with Gasteiger partial charge < -0.3 is 9.80 Å². The zero-order chi connectivity index (χ0) is 14.4. The lowest BCUT2D eigenvalue weighted by atomic mass is 10.1. The van der Waals surface area contributed by atoms with Crippen molar-refractivity contribution in [3.8, 4) is 0 Å². The molecule has 106 valence electrons. The Kier molecular flexibility index (Phi) is 5.19. The Morgan fingerprint density at radius 2 is 1.40 bits per heavy atom. The minimum Gasteiger partial charge on any atom is -0.378 e. The average molecular weight is 268 g/mol. The Balaban J connectivity index is 1.83. The summed E-state index contributed by atoms with van der Waals surface area (Å²) in [5.74, 6) is 0. The maximum absolute atomic E-state index is 2.37. The zero-order valence-electron chi connectivity index (χ0n) is 12.7. The van der Waals surface area contributed by atoms with Gasteiger partial charge in [0.05, 0.1) is 0 Å². The first kappa shape index (κ1) is 14.6.